The van der Waals surface area contributed by atoms with Crippen molar-refractivity contribution < 1.29 is 13.5 Å². The molecule has 4 nitrogen and oxygen atoms in total. The Morgan fingerprint density at radius 2 is 1.58 bits per heavy atom. The number of aliphatic hydroxyl groups excluding tert-OH is 1. The van der Waals surface area contributed by atoms with Gasteiger partial charge in [-0.15, -0.1) is 0 Å². The number of rotatable bonds is 5. The molecule has 1 rings (SSSR count). The Kier molecular flexibility index (Phi) is 5.12. The molecule has 0 saturated heterocycles. The van der Waals surface area contributed by atoms with E-state index in [9.17, 15) is 8.42 Å². The Morgan fingerprint density at radius 1 is 1.11 bits per heavy atom. The smallest absolute Gasteiger partial charge is 0.243 e. The predicted molar refractivity (Wildman–Crippen MR) is 76.9 cm³/mol. The van der Waals surface area contributed by atoms with Gasteiger partial charge in [0.25, 0.3) is 0 Å². The SMILES string of the molecule is CCN(CCO)S(=O)(=O)c1c(C)c(C)cc(C)c1C. The Labute approximate surface area is 116 Å². The molecule has 0 spiro atoms. The lowest BCUT2D eigenvalue weighted by Crippen LogP contribution is -2.34. The molecule has 1 N–H and O–H groups in total. The summed E-state index contributed by atoms with van der Waals surface area (Å²) in [5, 5.41) is 9.02. The number of nitrogens with zero attached hydrogens (tertiary/aromatic N) is 1. The fraction of sp³-hybridized carbons (Fsp3) is 0.571. The fourth-order valence-electron chi connectivity index (χ4n) is 2.26. The average Bonchev–Trinajstić information content (AvgIpc) is 2.33. The maximum absolute atomic E-state index is 12.7. The molecule has 0 unspecified atom stereocenters. The topological polar surface area (TPSA) is 57.6 Å². The summed E-state index contributed by atoms with van der Waals surface area (Å²) in [6, 6.07) is 2.01. The van der Waals surface area contributed by atoms with Crippen LogP contribution in [0.2, 0.25) is 0 Å². The van der Waals surface area contributed by atoms with Crippen molar-refractivity contribution in [3.05, 3.63) is 28.3 Å². The molecule has 0 heterocycles. The summed E-state index contributed by atoms with van der Waals surface area (Å²) < 4.78 is 26.7. The van der Waals surface area contributed by atoms with E-state index in [1.807, 2.05) is 33.8 Å². The van der Waals surface area contributed by atoms with Crippen molar-refractivity contribution in [1.29, 1.82) is 0 Å². The lowest BCUT2D eigenvalue weighted by molar-refractivity contribution is 0.257. The summed E-state index contributed by atoms with van der Waals surface area (Å²) in [5.74, 6) is 0. The zero-order chi connectivity index (χ0) is 14.8. The van der Waals surface area contributed by atoms with Crippen molar-refractivity contribution in [2.45, 2.75) is 39.5 Å². The summed E-state index contributed by atoms with van der Waals surface area (Å²) in [6.45, 7) is 9.60. The molecule has 108 valence electrons. The van der Waals surface area contributed by atoms with Gasteiger partial charge in [0.05, 0.1) is 11.5 Å². The zero-order valence-corrected chi connectivity index (χ0v) is 13.1. The van der Waals surface area contributed by atoms with Crippen LogP contribution in [0.4, 0.5) is 0 Å². The molecule has 0 fully saturated rings. The molecule has 5 heteroatoms. The minimum absolute atomic E-state index is 0.130. The van der Waals surface area contributed by atoms with E-state index in [2.05, 4.69) is 0 Å². The minimum Gasteiger partial charge on any atom is -0.395 e. The number of hydrogen-bond donors (Lipinski definition) is 1. The Bertz CT molecular complexity index is 538. The maximum atomic E-state index is 12.7. The number of likely N-dealkylation sites (N-methyl/N-ethyl adjacent to an activating group) is 1. The van der Waals surface area contributed by atoms with Gasteiger partial charge < -0.3 is 5.11 Å². The number of hydrogen-bond acceptors (Lipinski definition) is 3. The van der Waals surface area contributed by atoms with E-state index in [4.69, 9.17) is 5.11 Å². The first kappa shape index (κ1) is 16.1. The minimum atomic E-state index is -3.55. The standard InChI is InChI=1S/C14H23NO3S/c1-6-15(7-8-16)19(17,18)14-12(4)10(2)9-11(3)13(14)5/h9,16H,6-8H2,1-5H3. The molecule has 1 aromatic rings. The van der Waals surface area contributed by atoms with E-state index in [0.717, 1.165) is 22.3 Å². The van der Waals surface area contributed by atoms with Crippen LogP contribution in [0.5, 0.6) is 0 Å². The summed E-state index contributed by atoms with van der Waals surface area (Å²) >= 11 is 0. The lowest BCUT2D eigenvalue weighted by Gasteiger charge is -2.23. The van der Waals surface area contributed by atoms with Crippen LogP contribution in [-0.2, 0) is 10.0 Å². The lowest BCUT2D eigenvalue weighted by atomic mass is 10.0. The third-order valence-electron chi connectivity index (χ3n) is 3.60. The quantitative estimate of drug-likeness (QED) is 0.899. The molecule has 0 saturated carbocycles. The molecular formula is C14H23NO3S. The van der Waals surface area contributed by atoms with Gasteiger partial charge in [-0.3, -0.25) is 0 Å². The second kappa shape index (κ2) is 6.03. The van der Waals surface area contributed by atoms with Crippen molar-refractivity contribution in [2.24, 2.45) is 0 Å². The van der Waals surface area contributed by atoms with Gasteiger partial charge in [-0.25, -0.2) is 8.42 Å². The van der Waals surface area contributed by atoms with Crippen LogP contribution in [0.25, 0.3) is 0 Å². The molecule has 0 aromatic heterocycles. The summed E-state index contributed by atoms with van der Waals surface area (Å²) in [6.07, 6.45) is 0. The second-order valence-corrected chi connectivity index (χ2v) is 6.68. The third kappa shape index (κ3) is 2.99. The van der Waals surface area contributed by atoms with E-state index in [-0.39, 0.29) is 13.2 Å². The molecule has 0 amide bonds. The zero-order valence-electron chi connectivity index (χ0n) is 12.3. The van der Waals surface area contributed by atoms with Crippen LogP contribution < -0.4 is 0 Å². The fourth-order valence-corrected chi connectivity index (χ4v) is 4.27. The van der Waals surface area contributed by atoms with Crippen molar-refractivity contribution in [1.82, 2.24) is 4.31 Å². The van der Waals surface area contributed by atoms with Crippen LogP contribution in [-0.4, -0.2) is 37.5 Å². The van der Waals surface area contributed by atoms with Gasteiger partial charge >= 0.3 is 0 Å². The summed E-state index contributed by atoms with van der Waals surface area (Å²) in [4.78, 5) is 0.389. The first-order chi connectivity index (χ1) is 8.77. The number of aliphatic hydroxyl groups is 1. The molecule has 0 radical (unpaired) electrons. The first-order valence-electron chi connectivity index (χ1n) is 6.45. The van der Waals surface area contributed by atoms with Gasteiger partial charge in [0, 0.05) is 13.1 Å². The Balaban J connectivity index is 3.52. The van der Waals surface area contributed by atoms with Gasteiger partial charge in [-0.05, 0) is 49.9 Å². The molecule has 0 aliphatic rings. The van der Waals surface area contributed by atoms with Crippen LogP contribution in [0, 0.1) is 27.7 Å². The van der Waals surface area contributed by atoms with E-state index in [1.54, 1.807) is 6.92 Å². The highest BCUT2D eigenvalue weighted by Crippen LogP contribution is 2.28. The highest BCUT2D eigenvalue weighted by atomic mass is 32.2. The van der Waals surface area contributed by atoms with Crippen LogP contribution in [0.15, 0.2) is 11.0 Å². The monoisotopic (exact) mass is 285 g/mol. The third-order valence-corrected chi connectivity index (χ3v) is 5.85. The highest BCUT2D eigenvalue weighted by molar-refractivity contribution is 7.89. The molecule has 0 bridgehead atoms. The molecule has 0 aliphatic heterocycles. The number of sulfonamides is 1. The van der Waals surface area contributed by atoms with E-state index in [0.29, 0.717) is 11.4 Å². The number of benzene rings is 1. The average molecular weight is 285 g/mol. The van der Waals surface area contributed by atoms with Gasteiger partial charge in [0.15, 0.2) is 0 Å². The van der Waals surface area contributed by atoms with E-state index in [1.165, 1.54) is 4.31 Å². The largest absolute Gasteiger partial charge is 0.395 e. The van der Waals surface area contributed by atoms with Crippen LogP contribution in [0.1, 0.15) is 29.2 Å². The van der Waals surface area contributed by atoms with Crippen LogP contribution in [0.3, 0.4) is 0 Å². The Morgan fingerprint density at radius 3 is 1.95 bits per heavy atom. The van der Waals surface area contributed by atoms with Crippen molar-refractivity contribution in [2.75, 3.05) is 19.7 Å². The second-order valence-electron chi connectivity index (χ2n) is 4.81. The first-order valence-corrected chi connectivity index (χ1v) is 7.89. The normalized spacial score (nSPS) is 12.2. The maximum Gasteiger partial charge on any atom is 0.243 e. The van der Waals surface area contributed by atoms with Gasteiger partial charge in [0.2, 0.25) is 10.0 Å². The molecule has 0 aliphatic carbocycles. The van der Waals surface area contributed by atoms with Crippen molar-refractivity contribution in [3.63, 3.8) is 0 Å². The Hall–Kier alpha value is -0.910. The van der Waals surface area contributed by atoms with Gasteiger partial charge in [-0.1, -0.05) is 13.0 Å². The molecular weight excluding hydrogens is 262 g/mol. The van der Waals surface area contributed by atoms with E-state index < -0.39 is 10.0 Å². The summed E-state index contributed by atoms with van der Waals surface area (Å²) in [5.41, 5.74) is 3.53. The van der Waals surface area contributed by atoms with Crippen molar-refractivity contribution >= 4 is 10.0 Å². The van der Waals surface area contributed by atoms with E-state index >= 15 is 0 Å². The number of aryl methyl sites for hydroxylation is 2. The van der Waals surface area contributed by atoms with Crippen molar-refractivity contribution in [3.8, 4) is 0 Å². The molecule has 0 atom stereocenters. The highest BCUT2D eigenvalue weighted by Gasteiger charge is 2.27. The van der Waals surface area contributed by atoms with Crippen LogP contribution >= 0.6 is 0 Å². The van der Waals surface area contributed by atoms with Gasteiger partial charge in [0.1, 0.15) is 0 Å². The predicted octanol–water partition coefficient (Wildman–Crippen LogP) is 1.92. The molecule has 1 aromatic carbocycles. The molecule has 19 heavy (non-hydrogen) atoms. The van der Waals surface area contributed by atoms with Gasteiger partial charge in [-0.2, -0.15) is 4.31 Å². The summed E-state index contributed by atoms with van der Waals surface area (Å²) in [7, 11) is -3.55.